The third-order valence-electron chi connectivity index (χ3n) is 1.30. The summed E-state index contributed by atoms with van der Waals surface area (Å²) in [6, 6.07) is 0. The Kier molecular flexibility index (Phi) is 6.09. The highest BCUT2D eigenvalue weighted by Crippen LogP contribution is 2.72. The number of allylic oxidation sites excluding steroid dienone is 2. The number of halogens is 5. The molecule has 0 spiro atoms. The van der Waals surface area contributed by atoms with Gasteiger partial charge in [-0.15, -0.1) is 11.6 Å². The molecule has 0 aliphatic heterocycles. The van der Waals surface area contributed by atoms with E-state index in [1.165, 1.54) is 0 Å². The largest absolute Gasteiger partial charge is 0.288 e. The van der Waals surface area contributed by atoms with Gasteiger partial charge in [0.2, 0.25) is 0 Å². The van der Waals surface area contributed by atoms with Crippen molar-refractivity contribution in [3.8, 4) is 0 Å². The summed E-state index contributed by atoms with van der Waals surface area (Å²) in [5.41, 5.74) is 0.793. The van der Waals surface area contributed by atoms with Crippen LogP contribution in [-0.4, -0.2) is 9.95 Å². The van der Waals surface area contributed by atoms with Gasteiger partial charge >= 0.3 is 0 Å². The minimum atomic E-state index is -3.55. The van der Waals surface area contributed by atoms with E-state index >= 15 is 0 Å². The fourth-order valence-corrected chi connectivity index (χ4v) is 2.11. The fourth-order valence-electron chi connectivity index (χ4n) is 0.631. The van der Waals surface area contributed by atoms with Gasteiger partial charge in [-0.1, -0.05) is 34.9 Å². The molecule has 0 aromatic carbocycles. The van der Waals surface area contributed by atoms with Gasteiger partial charge in [0, 0.05) is 12.3 Å². The van der Waals surface area contributed by atoms with Crippen LogP contribution in [0.5, 0.6) is 0 Å². The van der Waals surface area contributed by atoms with E-state index in [0.29, 0.717) is 5.88 Å². The molecule has 0 rings (SSSR count). The van der Waals surface area contributed by atoms with Gasteiger partial charge in [-0.3, -0.25) is 4.57 Å². The summed E-state index contributed by atoms with van der Waals surface area (Å²) >= 11 is 27.6. The summed E-state index contributed by atoms with van der Waals surface area (Å²) in [6.07, 6.45) is 1.83. The van der Waals surface area contributed by atoms with Gasteiger partial charge < -0.3 is 0 Å². The van der Waals surface area contributed by atoms with Crippen molar-refractivity contribution < 1.29 is 4.57 Å². The fraction of sp³-hybridized carbons (Fsp3) is 0.667. The van der Waals surface area contributed by atoms with Crippen LogP contribution in [-0.2, 0) is 4.57 Å². The second-order valence-corrected chi connectivity index (χ2v) is 9.89. The molecule has 0 radical (unpaired) electrons. The van der Waals surface area contributed by atoms with Gasteiger partial charge in [-0.25, -0.2) is 0 Å². The van der Waals surface area contributed by atoms with Crippen LogP contribution in [0, 0.1) is 0 Å². The molecule has 13 heavy (non-hydrogen) atoms. The van der Waals surface area contributed by atoms with Crippen molar-refractivity contribution in [1.29, 1.82) is 0 Å². The zero-order chi connectivity index (χ0) is 10.7. The van der Waals surface area contributed by atoms with Gasteiger partial charge in [0.25, 0.3) is 5.85 Å². The molecule has 0 aliphatic rings. The molecule has 0 atom stereocenters. The van der Waals surface area contributed by atoms with Crippen LogP contribution in [0.15, 0.2) is 11.6 Å². The molecule has 78 valence electrons. The minimum Gasteiger partial charge on any atom is -0.286 e. The highest BCUT2D eigenvalue weighted by atomic mass is 35.9. The molecule has 1 nitrogen and oxygen atoms in total. The lowest BCUT2D eigenvalue weighted by molar-refractivity contribution is 0.587. The molecule has 0 unspecified atom stereocenters. The maximum absolute atomic E-state index is 11.2. The molecule has 0 aromatic heterocycles. The first-order valence-electron chi connectivity index (χ1n) is 3.29. The molecule has 0 aromatic rings. The van der Waals surface area contributed by atoms with Crippen LogP contribution in [0.4, 0.5) is 0 Å². The lowest BCUT2D eigenvalue weighted by Gasteiger charge is -2.20. The Morgan fingerprint density at radius 3 is 2.23 bits per heavy atom. The van der Waals surface area contributed by atoms with Crippen LogP contribution in [0.2, 0.25) is 0 Å². The highest BCUT2D eigenvalue weighted by molar-refractivity contribution is 8.11. The van der Waals surface area contributed by atoms with E-state index < -0.39 is 9.92 Å². The molecular formula is C6H8Cl5OP. The zero-order valence-electron chi connectivity index (χ0n) is 6.74. The monoisotopic (exact) mass is 302 g/mol. The Morgan fingerprint density at radius 1 is 1.46 bits per heavy atom. The van der Waals surface area contributed by atoms with Crippen molar-refractivity contribution in [3.05, 3.63) is 11.6 Å². The van der Waals surface area contributed by atoms with E-state index in [9.17, 15) is 4.57 Å². The zero-order valence-corrected chi connectivity index (χ0v) is 11.4. The summed E-state index contributed by atoms with van der Waals surface area (Å²) in [6.45, 7) is 1.76. The highest BCUT2D eigenvalue weighted by Gasteiger charge is 2.42. The van der Waals surface area contributed by atoms with Gasteiger partial charge in [-0.05, 0) is 29.4 Å². The Morgan fingerprint density at radius 2 is 1.92 bits per heavy atom. The first-order valence-corrected chi connectivity index (χ1v) is 8.10. The normalized spacial score (nSPS) is 14.8. The van der Waals surface area contributed by atoms with Crippen LogP contribution in [0.1, 0.15) is 13.3 Å². The maximum atomic E-state index is 11.2. The first-order chi connectivity index (χ1) is 5.70. The van der Waals surface area contributed by atoms with Crippen molar-refractivity contribution in [2.24, 2.45) is 0 Å². The van der Waals surface area contributed by atoms with Crippen molar-refractivity contribution in [3.63, 3.8) is 0 Å². The molecule has 0 fully saturated rings. The van der Waals surface area contributed by atoms with Crippen LogP contribution in [0.25, 0.3) is 0 Å². The van der Waals surface area contributed by atoms with E-state index in [1.807, 2.05) is 0 Å². The molecular weight excluding hydrogens is 296 g/mol. The average molecular weight is 304 g/mol. The van der Waals surface area contributed by atoms with Crippen LogP contribution in [0.3, 0.4) is 0 Å². The number of hydrogen-bond acceptors (Lipinski definition) is 1. The molecule has 0 N–H and O–H groups in total. The number of alkyl halides is 3. The van der Waals surface area contributed by atoms with E-state index in [2.05, 4.69) is 0 Å². The van der Waals surface area contributed by atoms with E-state index in [1.54, 1.807) is 13.0 Å². The van der Waals surface area contributed by atoms with Gasteiger partial charge in [-0.2, -0.15) is 0 Å². The van der Waals surface area contributed by atoms with Crippen molar-refractivity contribution >= 4 is 63.1 Å². The molecule has 7 heteroatoms. The molecule has 0 aliphatic carbocycles. The molecule has 0 bridgehead atoms. The van der Waals surface area contributed by atoms with Crippen molar-refractivity contribution in [1.82, 2.24) is 0 Å². The van der Waals surface area contributed by atoms with Gasteiger partial charge in [0.05, 0.1) is 0 Å². The van der Waals surface area contributed by atoms with Crippen molar-refractivity contribution in [2.45, 2.75) is 17.4 Å². The Bertz CT molecular complexity index is 243. The molecule has 0 saturated heterocycles. The lowest BCUT2D eigenvalue weighted by atomic mass is 10.2. The maximum Gasteiger partial charge on any atom is 0.288 e. The molecule has 0 heterocycles. The predicted octanol–water partition coefficient (Wildman–Crippen LogP) is 5.36. The Hall–Kier alpha value is 1.42. The lowest BCUT2D eigenvalue weighted by Crippen LogP contribution is -2.08. The summed E-state index contributed by atoms with van der Waals surface area (Å²) in [5, 5.41) is 0. The topological polar surface area (TPSA) is 17.1 Å². The second-order valence-electron chi connectivity index (χ2n) is 2.51. The van der Waals surface area contributed by atoms with Crippen LogP contribution >= 0.6 is 63.1 Å². The second kappa shape index (κ2) is 5.49. The summed E-state index contributed by atoms with van der Waals surface area (Å²) < 4.78 is 9.55. The van der Waals surface area contributed by atoms with E-state index in [-0.39, 0.29) is 6.42 Å². The molecule has 0 saturated carbocycles. The minimum absolute atomic E-state index is 0.132. The quantitative estimate of drug-likeness (QED) is 0.388. The Labute approximate surface area is 102 Å². The predicted molar refractivity (Wildman–Crippen MR) is 62.8 cm³/mol. The standard InChI is InChI=1S/C6H8Cl5OP/c1-5(2-3-7)4-6(8,9)13(10,11)12/h2H,3-4H2,1H3. The van der Waals surface area contributed by atoms with Gasteiger partial charge in [0.15, 0.2) is 4.07 Å². The van der Waals surface area contributed by atoms with Crippen molar-refractivity contribution in [2.75, 3.05) is 5.88 Å². The van der Waals surface area contributed by atoms with Crippen LogP contribution < -0.4 is 0 Å². The summed E-state index contributed by atoms with van der Waals surface area (Å²) in [5.74, 6) is -3.22. The first kappa shape index (κ1) is 14.4. The summed E-state index contributed by atoms with van der Waals surface area (Å²) in [4.78, 5) is 0. The Balaban J connectivity index is 4.52. The third-order valence-corrected chi connectivity index (χ3v) is 6.84. The third kappa shape index (κ3) is 5.16. The number of rotatable bonds is 4. The average Bonchev–Trinajstić information content (AvgIpc) is 1.83. The summed E-state index contributed by atoms with van der Waals surface area (Å²) in [7, 11) is 0. The smallest absolute Gasteiger partial charge is 0.286 e. The number of hydrogen-bond donors (Lipinski definition) is 0. The van der Waals surface area contributed by atoms with E-state index in [0.717, 1.165) is 5.57 Å². The SMILES string of the molecule is CC(=CCCl)CC(Cl)(Cl)P(=O)(Cl)Cl. The van der Waals surface area contributed by atoms with Gasteiger partial charge in [0.1, 0.15) is 0 Å². The molecule has 0 amide bonds. The van der Waals surface area contributed by atoms with E-state index in [4.69, 9.17) is 57.3 Å².